The highest BCUT2D eigenvalue weighted by Crippen LogP contribution is 2.33. The highest BCUT2D eigenvalue weighted by molar-refractivity contribution is 5.25. The molecule has 1 unspecified atom stereocenters. The van der Waals surface area contributed by atoms with Crippen LogP contribution in [0.15, 0.2) is 18.2 Å². The highest BCUT2D eigenvalue weighted by atomic mass is 19.2. The molecule has 112 valence electrons. The smallest absolute Gasteiger partial charge is 0.163 e. The molecule has 0 saturated carbocycles. The van der Waals surface area contributed by atoms with Crippen LogP contribution in [0.25, 0.3) is 0 Å². The van der Waals surface area contributed by atoms with Gasteiger partial charge in [-0.3, -0.25) is 4.90 Å². The van der Waals surface area contributed by atoms with Gasteiger partial charge in [-0.1, -0.05) is 12.1 Å². The molecule has 1 saturated heterocycles. The predicted molar refractivity (Wildman–Crippen MR) is 74.6 cm³/mol. The molecule has 0 aromatic heterocycles. The molecule has 1 N–H and O–H groups in total. The van der Waals surface area contributed by atoms with E-state index in [-0.39, 0.29) is 11.6 Å². The summed E-state index contributed by atoms with van der Waals surface area (Å²) in [7, 11) is 1.78. The lowest BCUT2D eigenvalue weighted by Crippen LogP contribution is -2.56. The number of nitrogens with one attached hydrogen (secondary N) is 1. The molecule has 5 heteroatoms. The molecule has 1 aliphatic rings. The zero-order valence-corrected chi connectivity index (χ0v) is 12.2. The van der Waals surface area contributed by atoms with Gasteiger partial charge >= 0.3 is 0 Å². The molecular weight excluding hydrogens is 262 g/mol. The second kappa shape index (κ2) is 6.16. The Bertz CT molecular complexity index is 459. The van der Waals surface area contributed by atoms with Gasteiger partial charge in [0, 0.05) is 24.2 Å². The summed E-state index contributed by atoms with van der Waals surface area (Å²) in [6.45, 7) is 7.02. The van der Waals surface area contributed by atoms with Crippen molar-refractivity contribution in [3.63, 3.8) is 0 Å². The van der Waals surface area contributed by atoms with Crippen molar-refractivity contribution in [3.8, 4) is 0 Å². The Hall–Kier alpha value is -1.04. The molecule has 1 aromatic carbocycles. The molecule has 0 amide bonds. The average Bonchev–Trinajstić information content (AvgIpc) is 2.45. The van der Waals surface area contributed by atoms with Crippen molar-refractivity contribution >= 4 is 0 Å². The molecule has 2 rings (SSSR count). The minimum Gasteiger partial charge on any atom is -0.379 e. The Labute approximate surface area is 118 Å². The Morgan fingerprint density at radius 2 is 1.90 bits per heavy atom. The molecule has 0 aliphatic carbocycles. The second-order valence-electron chi connectivity index (χ2n) is 5.62. The summed E-state index contributed by atoms with van der Waals surface area (Å²) in [5.41, 5.74) is 0.0247. The molecule has 0 spiro atoms. The Morgan fingerprint density at radius 1 is 1.25 bits per heavy atom. The largest absolute Gasteiger partial charge is 0.379 e. The molecular formula is C15H22F2N2O. The lowest BCUT2D eigenvalue weighted by atomic mass is 9.86. The Balaban J connectivity index is 2.32. The normalized spacial score (nSPS) is 19.1. The van der Waals surface area contributed by atoms with Crippen LogP contribution in [0, 0.1) is 11.6 Å². The van der Waals surface area contributed by atoms with E-state index in [0.29, 0.717) is 18.8 Å². The number of rotatable bonds is 4. The Kier molecular flexibility index (Phi) is 4.73. The van der Waals surface area contributed by atoms with Crippen LogP contribution in [-0.4, -0.2) is 43.8 Å². The van der Waals surface area contributed by atoms with Gasteiger partial charge in [0.15, 0.2) is 11.6 Å². The lowest BCUT2D eigenvalue weighted by molar-refractivity contribution is -0.0233. The van der Waals surface area contributed by atoms with Gasteiger partial charge in [-0.25, -0.2) is 8.78 Å². The van der Waals surface area contributed by atoms with E-state index in [9.17, 15) is 8.78 Å². The quantitative estimate of drug-likeness (QED) is 0.918. The van der Waals surface area contributed by atoms with Gasteiger partial charge in [-0.15, -0.1) is 0 Å². The van der Waals surface area contributed by atoms with E-state index in [0.717, 1.165) is 19.2 Å². The maximum absolute atomic E-state index is 14.1. The van der Waals surface area contributed by atoms with Crippen LogP contribution in [0.1, 0.15) is 25.5 Å². The Morgan fingerprint density at radius 3 is 2.50 bits per heavy atom. The second-order valence-corrected chi connectivity index (χ2v) is 5.62. The molecule has 3 nitrogen and oxygen atoms in total. The van der Waals surface area contributed by atoms with Gasteiger partial charge < -0.3 is 10.1 Å². The summed E-state index contributed by atoms with van der Waals surface area (Å²) >= 11 is 0. The van der Waals surface area contributed by atoms with Gasteiger partial charge in [0.1, 0.15) is 0 Å². The monoisotopic (exact) mass is 284 g/mol. The number of halogens is 2. The molecule has 1 aliphatic heterocycles. The first-order chi connectivity index (χ1) is 9.48. The predicted octanol–water partition coefficient (Wildman–Crippen LogP) is 2.34. The van der Waals surface area contributed by atoms with E-state index in [1.165, 1.54) is 0 Å². The van der Waals surface area contributed by atoms with Crippen LogP contribution < -0.4 is 5.32 Å². The zero-order valence-electron chi connectivity index (χ0n) is 12.2. The summed E-state index contributed by atoms with van der Waals surface area (Å²) < 4.78 is 32.9. The van der Waals surface area contributed by atoms with Crippen molar-refractivity contribution < 1.29 is 13.5 Å². The van der Waals surface area contributed by atoms with Crippen molar-refractivity contribution in [2.45, 2.75) is 25.4 Å². The molecule has 1 fully saturated rings. The number of ether oxygens (including phenoxy) is 1. The summed E-state index contributed by atoms with van der Waals surface area (Å²) in [4.78, 5) is 2.25. The van der Waals surface area contributed by atoms with Crippen LogP contribution in [0.2, 0.25) is 0 Å². The van der Waals surface area contributed by atoms with Crippen molar-refractivity contribution in [3.05, 3.63) is 35.4 Å². The fourth-order valence-corrected chi connectivity index (χ4v) is 2.95. The van der Waals surface area contributed by atoms with Gasteiger partial charge in [-0.2, -0.15) is 0 Å². The van der Waals surface area contributed by atoms with E-state index < -0.39 is 11.6 Å². The van der Waals surface area contributed by atoms with Crippen LogP contribution in [-0.2, 0) is 4.74 Å². The number of likely N-dealkylation sites (N-methyl/N-ethyl adjacent to an activating group) is 1. The van der Waals surface area contributed by atoms with E-state index in [1.54, 1.807) is 19.2 Å². The van der Waals surface area contributed by atoms with E-state index in [1.807, 2.05) is 13.8 Å². The number of morpholine rings is 1. The highest BCUT2D eigenvalue weighted by Gasteiger charge is 2.37. The number of nitrogens with zero attached hydrogens (tertiary/aromatic N) is 1. The van der Waals surface area contributed by atoms with E-state index in [4.69, 9.17) is 4.74 Å². The fraction of sp³-hybridized carbons (Fsp3) is 0.600. The maximum atomic E-state index is 14.1. The van der Waals surface area contributed by atoms with Crippen molar-refractivity contribution in [2.75, 3.05) is 33.4 Å². The van der Waals surface area contributed by atoms with Gasteiger partial charge in [-0.05, 0) is 27.0 Å². The molecule has 0 radical (unpaired) electrons. The van der Waals surface area contributed by atoms with Crippen LogP contribution in [0.5, 0.6) is 0 Å². The van der Waals surface area contributed by atoms with Crippen LogP contribution >= 0.6 is 0 Å². The van der Waals surface area contributed by atoms with Crippen molar-refractivity contribution in [1.82, 2.24) is 10.2 Å². The molecule has 1 aromatic rings. The van der Waals surface area contributed by atoms with Crippen LogP contribution in [0.4, 0.5) is 8.78 Å². The lowest BCUT2D eigenvalue weighted by Gasteiger charge is -2.46. The van der Waals surface area contributed by atoms with Gasteiger partial charge in [0.2, 0.25) is 0 Å². The third-order valence-electron chi connectivity index (χ3n) is 4.11. The van der Waals surface area contributed by atoms with Gasteiger partial charge in [0.05, 0.1) is 19.3 Å². The number of benzene rings is 1. The summed E-state index contributed by atoms with van der Waals surface area (Å²) in [6.07, 6.45) is 0. The minimum absolute atomic E-state index is 0.295. The molecule has 1 atom stereocenters. The number of hydrogen-bond donors (Lipinski definition) is 1. The molecule has 0 bridgehead atoms. The maximum Gasteiger partial charge on any atom is 0.163 e. The first kappa shape index (κ1) is 15.4. The van der Waals surface area contributed by atoms with Crippen LogP contribution in [0.3, 0.4) is 0 Å². The van der Waals surface area contributed by atoms with Crippen molar-refractivity contribution in [2.24, 2.45) is 0 Å². The summed E-state index contributed by atoms with van der Waals surface area (Å²) in [5, 5.41) is 3.13. The van der Waals surface area contributed by atoms with Gasteiger partial charge in [0.25, 0.3) is 0 Å². The SMILES string of the molecule is CNC(c1cccc(F)c1F)C(C)(C)N1CCOCC1. The van der Waals surface area contributed by atoms with Crippen molar-refractivity contribution in [1.29, 1.82) is 0 Å². The first-order valence-corrected chi connectivity index (χ1v) is 6.92. The van der Waals surface area contributed by atoms with E-state index in [2.05, 4.69) is 10.2 Å². The zero-order chi connectivity index (χ0) is 14.8. The molecule has 1 heterocycles. The first-order valence-electron chi connectivity index (χ1n) is 6.92. The van der Waals surface area contributed by atoms with E-state index >= 15 is 0 Å². The summed E-state index contributed by atoms with van der Waals surface area (Å²) in [5.74, 6) is -1.58. The third kappa shape index (κ3) is 2.85. The topological polar surface area (TPSA) is 24.5 Å². The standard InChI is InChI=1S/C15H22F2N2O/c1-15(2,19-7-9-20-10-8-19)14(18-3)11-5-4-6-12(16)13(11)17/h4-6,14,18H,7-10H2,1-3H3. The average molecular weight is 284 g/mol. The fourth-order valence-electron chi connectivity index (χ4n) is 2.95. The number of hydrogen-bond acceptors (Lipinski definition) is 3. The minimum atomic E-state index is -0.805. The molecule has 20 heavy (non-hydrogen) atoms. The summed E-state index contributed by atoms with van der Waals surface area (Å²) in [6, 6.07) is 4.04. The third-order valence-corrected chi connectivity index (χ3v) is 4.11.